The van der Waals surface area contributed by atoms with Gasteiger partial charge >= 0.3 is 24.4 Å². The molecule has 0 unspecified atom stereocenters. The van der Waals surface area contributed by atoms with E-state index in [2.05, 4.69) is 51.0 Å². The molecule has 0 spiro atoms. The number of ether oxygens (including phenoxy) is 4. The Morgan fingerprint density at radius 3 is 1.17 bits per heavy atom. The lowest BCUT2D eigenvalue weighted by Crippen LogP contribution is -2.46. The Morgan fingerprint density at radius 2 is 0.812 bits per heavy atom. The number of anilines is 8. The molecule has 9 aliphatic heterocycles. The number of benzene rings is 4. The molecule has 17 rings (SSSR count). The average Bonchev–Trinajstić information content (AvgIpc) is 1.64. The number of Topliss-reactive ketones (excluding diaryl/α,β-unsaturated/α-hetero) is 3. The maximum Gasteiger partial charge on any atom is 0.414 e. The predicted octanol–water partition coefficient (Wildman–Crippen LogP) is 10.3. The number of cyclic esters (lactones) is 4. The minimum Gasteiger partial charge on any atom is -0.463 e. The number of carbonyl (C=O) groups excluding carboxylic acids is 9. The van der Waals surface area contributed by atoms with E-state index >= 15 is 8.78 Å². The van der Waals surface area contributed by atoms with E-state index in [9.17, 15) is 51.9 Å². The fraction of sp³-hybridized carbons (Fsp3) is 0.458. The van der Waals surface area contributed by atoms with Crippen molar-refractivity contribution in [3.8, 4) is 0 Å². The second-order valence-corrected chi connectivity index (χ2v) is 35.1. The van der Waals surface area contributed by atoms with E-state index < -0.39 is 42.2 Å². The number of furan rings is 4. The summed E-state index contributed by atoms with van der Waals surface area (Å²) < 4.78 is 104. The average molecular weight is 1920 g/mol. The van der Waals surface area contributed by atoms with Gasteiger partial charge in [0.15, 0.2) is 5.76 Å². The molecule has 8 aromatic rings. The molecule has 4 atom stereocenters. The van der Waals surface area contributed by atoms with Gasteiger partial charge in [-0.2, -0.15) is 5.10 Å². The Labute approximate surface area is 795 Å². The van der Waals surface area contributed by atoms with Crippen molar-refractivity contribution in [2.75, 3.05) is 190 Å². The van der Waals surface area contributed by atoms with E-state index in [-0.39, 0.29) is 78.7 Å². The van der Waals surface area contributed by atoms with Crippen LogP contribution in [0.25, 0.3) is 0 Å². The highest BCUT2D eigenvalue weighted by Crippen LogP contribution is 2.36. The Morgan fingerprint density at radius 1 is 0.457 bits per heavy atom. The van der Waals surface area contributed by atoms with Gasteiger partial charge in [-0.25, -0.2) is 36.7 Å². The lowest BCUT2D eigenvalue weighted by Gasteiger charge is -2.36. The van der Waals surface area contributed by atoms with Gasteiger partial charge in [-0.05, 0) is 168 Å². The third-order valence-electron chi connectivity index (χ3n) is 24.8. The predicted molar refractivity (Wildman–Crippen MR) is 505 cm³/mol. The number of rotatable bonds is 34. The summed E-state index contributed by atoms with van der Waals surface area (Å²) in [5.41, 5.74) is 15.8. The van der Waals surface area contributed by atoms with Gasteiger partial charge in [0, 0.05) is 144 Å². The number of nitrogens with one attached hydrogen (secondary N) is 3. The van der Waals surface area contributed by atoms with Gasteiger partial charge in [0.2, 0.25) is 11.8 Å². The SMILES string of the molecule is CC(=O)CC[C@H]1CN(c2ccc(N3CCN(Cc4ccc(/C(C)=N\O)o4)CC3)c(F)c2)C(=O)O1.CC(=O)CC[C@H]1CN(c2ccc(N3CCN(Cc4ccc(C=NCC(N)=O)o4)CC3)c(F)c2)C(=O)O1.CC(=O)CC[C@H]1CN(c2ccc(N3CCN(Cc4ccc(CNN)o4)CC3)c(F)c2)C(=O)O1.CC(=O)NC[C@H]1CN(c2ccc(N3CCN(Cc4ccc(C5=NNCC5)o4)CC3)c(F)c2)C(=O)O1. The Balaban J connectivity index is 0.000000147. The second-order valence-electron chi connectivity index (χ2n) is 35.1. The van der Waals surface area contributed by atoms with Crippen molar-refractivity contribution in [1.82, 2.24) is 35.8 Å². The van der Waals surface area contributed by atoms with E-state index in [1.807, 2.05) is 56.0 Å². The number of oxime groups is 1. The van der Waals surface area contributed by atoms with Crippen LogP contribution in [-0.4, -0.2) is 271 Å². The Bertz CT molecular complexity index is 5700. The molecule has 6 amide bonds. The lowest BCUT2D eigenvalue weighted by atomic mass is 10.1. The monoisotopic (exact) mass is 1910 g/mol. The number of aliphatic imine (C=N–C) groups is 1. The highest BCUT2D eigenvalue weighted by molar-refractivity contribution is 5.99. The molecule has 13 heterocycles. The van der Waals surface area contributed by atoms with Gasteiger partial charge in [-0.3, -0.25) is 65.0 Å². The third kappa shape index (κ3) is 27.4. The first-order valence-electron chi connectivity index (χ1n) is 46.3. The summed E-state index contributed by atoms with van der Waals surface area (Å²) in [4.78, 5) is 131. The van der Waals surface area contributed by atoms with Crippen molar-refractivity contribution in [1.29, 1.82) is 0 Å². The van der Waals surface area contributed by atoms with Gasteiger partial charge in [-0.1, -0.05) is 5.16 Å². The smallest absolute Gasteiger partial charge is 0.414 e. The van der Waals surface area contributed by atoms with E-state index in [0.29, 0.717) is 206 Å². The van der Waals surface area contributed by atoms with Crippen LogP contribution in [0, 0.1) is 23.3 Å². The van der Waals surface area contributed by atoms with Crippen molar-refractivity contribution in [2.45, 2.75) is 137 Å². The van der Waals surface area contributed by atoms with E-state index in [0.717, 1.165) is 106 Å². The largest absolute Gasteiger partial charge is 0.463 e. The molecule has 0 saturated carbocycles. The Kier molecular flexibility index (Phi) is 34.4. The van der Waals surface area contributed by atoms with Crippen molar-refractivity contribution in [2.24, 2.45) is 26.8 Å². The zero-order valence-electron chi connectivity index (χ0n) is 77.9. The van der Waals surface area contributed by atoms with E-state index in [1.165, 1.54) is 77.8 Å². The van der Waals surface area contributed by atoms with Crippen LogP contribution in [0.15, 0.2) is 154 Å². The van der Waals surface area contributed by atoms with Gasteiger partial charge in [0.05, 0.1) is 117 Å². The summed E-state index contributed by atoms with van der Waals surface area (Å²) >= 11 is 0. The zero-order valence-corrected chi connectivity index (χ0v) is 77.9. The topological polar surface area (TPSA) is 427 Å². The van der Waals surface area contributed by atoms with Crippen LogP contribution in [0.4, 0.5) is 82.2 Å². The molecule has 38 nitrogen and oxygen atoms in total. The summed E-state index contributed by atoms with van der Waals surface area (Å²) in [5.74, 6) is 9.26. The minimum atomic E-state index is -0.543. The van der Waals surface area contributed by atoms with Gasteiger partial charge in [0.25, 0.3) is 0 Å². The fourth-order valence-electron chi connectivity index (χ4n) is 17.3. The molecule has 4 aromatic heterocycles. The summed E-state index contributed by atoms with van der Waals surface area (Å²) in [6.45, 7) is 24.3. The number of nitrogens with two attached hydrogens (primary N) is 2. The second kappa shape index (κ2) is 47.4. The van der Waals surface area contributed by atoms with Crippen LogP contribution in [-0.2, 0) is 75.6 Å². The van der Waals surface area contributed by atoms with Gasteiger partial charge < -0.3 is 92.3 Å². The van der Waals surface area contributed by atoms with Crippen molar-refractivity contribution >= 4 is 117 Å². The number of hydrazine groups is 1. The van der Waals surface area contributed by atoms with Crippen LogP contribution in [0.2, 0.25) is 0 Å². The number of hydrazone groups is 1. The zero-order chi connectivity index (χ0) is 97.6. The van der Waals surface area contributed by atoms with Crippen molar-refractivity contribution < 1.29 is 103 Å². The maximum absolute atomic E-state index is 15.0. The number of hydrogen-bond donors (Lipinski definition) is 6. The fourth-order valence-corrected chi connectivity index (χ4v) is 17.3. The molecule has 4 aromatic carbocycles. The first kappa shape index (κ1) is 100. The lowest BCUT2D eigenvalue weighted by molar-refractivity contribution is -0.119. The van der Waals surface area contributed by atoms with Crippen LogP contribution < -0.4 is 66.9 Å². The summed E-state index contributed by atoms with van der Waals surface area (Å²) in [6, 6.07) is 34.3. The molecule has 8 fully saturated rings. The molecule has 738 valence electrons. The quantitative estimate of drug-likeness (QED) is 0.00545. The normalized spacial score (nSPS) is 19.5. The molecule has 0 bridgehead atoms. The van der Waals surface area contributed by atoms with Gasteiger partial charge in [-0.15, -0.1) is 0 Å². The molecule has 8 N–H and O–H groups in total. The first-order chi connectivity index (χ1) is 66.5. The molecule has 0 radical (unpaired) electrons. The van der Waals surface area contributed by atoms with Crippen LogP contribution >= 0.6 is 0 Å². The van der Waals surface area contributed by atoms with Crippen molar-refractivity contribution in [3.05, 3.63) is 191 Å². The highest BCUT2D eigenvalue weighted by Gasteiger charge is 2.39. The van der Waals surface area contributed by atoms with E-state index in [4.69, 9.17) is 53.4 Å². The first-order valence-corrected chi connectivity index (χ1v) is 46.3. The van der Waals surface area contributed by atoms with Crippen LogP contribution in [0.3, 0.4) is 0 Å². The third-order valence-corrected chi connectivity index (χ3v) is 24.8. The minimum absolute atomic E-state index is 0.0421. The number of piperazine rings is 4. The molecular weight excluding hydrogens is 1800 g/mol. The molecule has 42 heteroatoms. The number of carbonyl (C=O) groups is 9. The van der Waals surface area contributed by atoms with Crippen LogP contribution in [0.1, 0.15) is 126 Å². The number of hydrogen-bond acceptors (Lipinski definition) is 32. The number of ketones is 3. The number of amides is 6. The number of primary amides is 1. The molecule has 8 saturated heterocycles. The molecule has 0 aliphatic carbocycles. The Hall–Kier alpha value is -13.7. The van der Waals surface area contributed by atoms with E-state index in [1.54, 1.807) is 67.6 Å². The van der Waals surface area contributed by atoms with Crippen molar-refractivity contribution in [3.63, 3.8) is 0 Å². The van der Waals surface area contributed by atoms with Gasteiger partial charge in [0.1, 0.15) is 123 Å². The summed E-state index contributed by atoms with van der Waals surface area (Å²) in [5, 5.41) is 18.9. The van der Waals surface area contributed by atoms with Crippen LogP contribution in [0.5, 0.6) is 0 Å². The highest BCUT2D eigenvalue weighted by atomic mass is 19.1. The summed E-state index contributed by atoms with van der Waals surface area (Å²) in [7, 11) is 0. The number of halogens is 4. The summed E-state index contributed by atoms with van der Waals surface area (Å²) in [6.07, 6.45) is 1.17. The number of nitrogens with zero attached hydrogens (tertiary/aromatic N) is 15. The standard InChI is InChI=1S/C25H30FN5O5.C24H29FN6O4.C24H29FN4O5.C23H30FN5O4/c1-17(32)2-4-21-16-31(25(34)36-21)18-3-7-23(22(26)12-18)30-10-8-29(9-11-30)15-20-6-5-19(35-20)13-28-14-24(27)33;1-16(32)26-13-19-15-31(24(33)35-19)17-2-4-22(20(25)12-17)30-10-8-29(9-11-30)14-18-3-5-23(34-18)21-6-7-27-28-21;1-16(30)3-5-20-15-29(24(31)34-20)18-4-7-22(21(25)13-18)28-11-9-27(10-12-28)14-19-6-8-23(33-19)17(2)26-32;1-16(30)2-4-20-15-29(23(31)33-20)17-3-7-22(21(24)12-17)28-10-8-27(9-11-28)14-19-6-5-18(32-19)13-26-25/h3,5-7,12-13,21H,2,4,8-11,14-16H2,1H3,(H2,27,33);2-5,12,19,27H,6-11,13-15H2,1H3,(H,26,32);4,6-8,13,20,32H,3,5,9-12,14-15H2,1-2H3;3,5-7,12,20,26H,2,4,8-11,13-15,25H2,1H3/b;;26-17-;/t21-;19-;2*20-/m0000/s1. The molecular formula is C96H118F4N20O18. The molecule has 9 aliphatic rings. The molecule has 138 heavy (non-hydrogen) atoms. The maximum atomic E-state index is 15.0.